The van der Waals surface area contributed by atoms with E-state index >= 15 is 0 Å². The molecule has 104 valence electrons. The lowest BCUT2D eigenvalue weighted by molar-refractivity contribution is -0.127. The molecule has 1 rings (SSSR count). The number of carbonyl (C=O) groups excluding carboxylic acids is 2. The molecule has 0 aromatic carbocycles. The highest BCUT2D eigenvalue weighted by Crippen LogP contribution is 2.25. The van der Waals surface area contributed by atoms with Crippen molar-refractivity contribution in [1.29, 1.82) is 0 Å². The molecule has 18 heavy (non-hydrogen) atoms. The minimum absolute atomic E-state index is 0.00407. The van der Waals surface area contributed by atoms with Crippen LogP contribution in [-0.2, 0) is 9.59 Å². The predicted octanol–water partition coefficient (Wildman–Crippen LogP) is 0.570. The molecule has 1 aliphatic rings. The van der Waals surface area contributed by atoms with E-state index in [1.807, 2.05) is 0 Å². The zero-order valence-corrected chi connectivity index (χ0v) is 11.1. The average Bonchev–Trinajstić information content (AvgIpc) is 2.37. The van der Waals surface area contributed by atoms with Crippen molar-refractivity contribution in [2.45, 2.75) is 51.5 Å². The molecule has 0 radical (unpaired) electrons. The Morgan fingerprint density at radius 2 is 1.89 bits per heavy atom. The van der Waals surface area contributed by atoms with Gasteiger partial charge in [0, 0.05) is 12.5 Å². The SMILES string of the molecule is CC(CO)NC(=O)CNC(=O)CC1CCCCC1. The Hall–Kier alpha value is -1.10. The second kappa shape index (κ2) is 8.08. The van der Waals surface area contributed by atoms with Crippen LogP contribution in [0.2, 0.25) is 0 Å². The lowest BCUT2D eigenvalue weighted by atomic mass is 9.87. The van der Waals surface area contributed by atoms with Gasteiger partial charge >= 0.3 is 0 Å². The van der Waals surface area contributed by atoms with E-state index in [-0.39, 0.29) is 31.0 Å². The van der Waals surface area contributed by atoms with Crippen molar-refractivity contribution in [1.82, 2.24) is 10.6 Å². The molecule has 0 aromatic rings. The molecule has 0 saturated heterocycles. The van der Waals surface area contributed by atoms with Gasteiger partial charge in [0.1, 0.15) is 0 Å². The predicted molar refractivity (Wildman–Crippen MR) is 68.9 cm³/mol. The molecule has 0 heterocycles. The van der Waals surface area contributed by atoms with Crippen molar-refractivity contribution >= 4 is 11.8 Å². The second-order valence-corrected chi connectivity index (χ2v) is 5.14. The topological polar surface area (TPSA) is 78.4 Å². The largest absolute Gasteiger partial charge is 0.394 e. The van der Waals surface area contributed by atoms with Gasteiger partial charge in [-0.3, -0.25) is 9.59 Å². The number of rotatable bonds is 6. The van der Waals surface area contributed by atoms with E-state index in [1.54, 1.807) is 6.92 Å². The van der Waals surface area contributed by atoms with Gasteiger partial charge in [-0.15, -0.1) is 0 Å². The van der Waals surface area contributed by atoms with Crippen LogP contribution < -0.4 is 10.6 Å². The maximum Gasteiger partial charge on any atom is 0.239 e. The Morgan fingerprint density at radius 1 is 1.22 bits per heavy atom. The Balaban J connectivity index is 2.14. The summed E-state index contributed by atoms with van der Waals surface area (Å²) in [6.07, 6.45) is 6.49. The van der Waals surface area contributed by atoms with Crippen LogP contribution in [0.3, 0.4) is 0 Å². The third kappa shape index (κ3) is 6.00. The molecule has 0 spiro atoms. The molecule has 5 nitrogen and oxygen atoms in total. The molecular weight excluding hydrogens is 232 g/mol. The second-order valence-electron chi connectivity index (χ2n) is 5.14. The van der Waals surface area contributed by atoms with E-state index in [9.17, 15) is 9.59 Å². The minimum Gasteiger partial charge on any atom is -0.394 e. The van der Waals surface area contributed by atoms with Gasteiger partial charge in [0.2, 0.25) is 11.8 Å². The van der Waals surface area contributed by atoms with Crippen molar-refractivity contribution in [2.75, 3.05) is 13.2 Å². The summed E-state index contributed by atoms with van der Waals surface area (Å²) in [5.74, 6) is 0.181. The zero-order valence-electron chi connectivity index (χ0n) is 11.1. The lowest BCUT2D eigenvalue weighted by Crippen LogP contribution is -2.42. The molecule has 1 aliphatic carbocycles. The fourth-order valence-electron chi connectivity index (χ4n) is 2.28. The Bertz CT molecular complexity index is 275. The molecule has 3 N–H and O–H groups in total. The highest BCUT2D eigenvalue weighted by molar-refractivity contribution is 5.84. The van der Waals surface area contributed by atoms with Gasteiger partial charge in [-0.05, 0) is 25.7 Å². The van der Waals surface area contributed by atoms with Gasteiger partial charge in [0.05, 0.1) is 13.2 Å². The van der Waals surface area contributed by atoms with Gasteiger partial charge < -0.3 is 15.7 Å². The molecule has 1 fully saturated rings. The number of hydrogen-bond acceptors (Lipinski definition) is 3. The summed E-state index contributed by atoms with van der Waals surface area (Å²) in [5, 5.41) is 14.0. The minimum atomic E-state index is -0.271. The first-order valence-electron chi connectivity index (χ1n) is 6.78. The quantitative estimate of drug-likeness (QED) is 0.650. The van der Waals surface area contributed by atoms with Gasteiger partial charge in [-0.2, -0.15) is 0 Å². The van der Waals surface area contributed by atoms with Crippen LogP contribution in [-0.4, -0.2) is 36.1 Å². The lowest BCUT2D eigenvalue weighted by Gasteiger charge is -2.20. The van der Waals surface area contributed by atoms with Crippen molar-refractivity contribution in [3.63, 3.8) is 0 Å². The van der Waals surface area contributed by atoms with E-state index in [2.05, 4.69) is 10.6 Å². The number of nitrogens with one attached hydrogen (secondary N) is 2. The monoisotopic (exact) mass is 256 g/mol. The summed E-state index contributed by atoms with van der Waals surface area (Å²) in [4.78, 5) is 23.0. The molecule has 1 saturated carbocycles. The summed E-state index contributed by atoms with van der Waals surface area (Å²) in [6.45, 7) is 1.61. The first-order valence-corrected chi connectivity index (χ1v) is 6.78. The van der Waals surface area contributed by atoms with Crippen LogP contribution in [0.5, 0.6) is 0 Å². The fraction of sp³-hybridized carbons (Fsp3) is 0.846. The standard InChI is InChI=1S/C13H24N2O3/c1-10(9-16)15-13(18)8-14-12(17)7-11-5-3-2-4-6-11/h10-11,16H,2-9H2,1H3,(H,14,17)(H,15,18). The number of hydrogen-bond donors (Lipinski definition) is 3. The molecule has 5 heteroatoms. The van der Waals surface area contributed by atoms with Crippen molar-refractivity contribution in [3.05, 3.63) is 0 Å². The molecule has 1 atom stereocenters. The molecule has 0 bridgehead atoms. The first-order chi connectivity index (χ1) is 8.61. The van der Waals surface area contributed by atoms with Crippen LogP contribution in [0.15, 0.2) is 0 Å². The van der Waals surface area contributed by atoms with Crippen LogP contribution in [0.25, 0.3) is 0 Å². The van der Waals surface area contributed by atoms with E-state index in [0.29, 0.717) is 12.3 Å². The Kier molecular flexibility index (Phi) is 6.72. The summed E-state index contributed by atoms with van der Waals surface area (Å²) in [6, 6.07) is -0.271. The number of aliphatic hydroxyl groups excluding tert-OH is 1. The number of aliphatic hydroxyl groups is 1. The fourth-order valence-corrected chi connectivity index (χ4v) is 2.28. The average molecular weight is 256 g/mol. The molecular formula is C13H24N2O3. The summed E-state index contributed by atoms with van der Waals surface area (Å²) in [5.41, 5.74) is 0. The van der Waals surface area contributed by atoms with Gasteiger partial charge in [0.25, 0.3) is 0 Å². The number of carbonyl (C=O) groups is 2. The smallest absolute Gasteiger partial charge is 0.239 e. The van der Waals surface area contributed by atoms with E-state index < -0.39 is 0 Å². The summed E-state index contributed by atoms with van der Waals surface area (Å²) in [7, 11) is 0. The van der Waals surface area contributed by atoms with Gasteiger partial charge in [-0.1, -0.05) is 19.3 Å². The van der Waals surface area contributed by atoms with Gasteiger partial charge in [-0.25, -0.2) is 0 Å². The molecule has 0 aromatic heterocycles. The molecule has 0 aliphatic heterocycles. The highest BCUT2D eigenvalue weighted by Gasteiger charge is 2.17. The Labute approximate surface area is 108 Å². The van der Waals surface area contributed by atoms with Crippen molar-refractivity contribution in [2.24, 2.45) is 5.92 Å². The van der Waals surface area contributed by atoms with Crippen LogP contribution in [0.4, 0.5) is 0 Å². The van der Waals surface area contributed by atoms with Crippen LogP contribution in [0, 0.1) is 5.92 Å². The normalized spacial score (nSPS) is 18.1. The van der Waals surface area contributed by atoms with Crippen molar-refractivity contribution in [3.8, 4) is 0 Å². The van der Waals surface area contributed by atoms with Crippen LogP contribution >= 0.6 is 0 Å². The van der Waals surface area contributed by atoms with Crippen molar-refractivity contribution < 1.29 is 14.7 Å². The zero-order chi connectivity index (χ0) is 13.4. The molecule has 2 amide bonds. The first kappa shape index (κ1) is 15.0. The van der Waals surface area contributed by atoms with E-state index in [0.717, 1.165) is 12.8 Å². The third-order valence-electron chi connectivity index (χ3n) is 3.33. The third-order valence-corrected chi connectivity index (χ3v) is 3.33. The summed E-state index contributed by atoms with van der Waals surface area (Å²) < 4.78 is 0. The molecule has 1 unspecified atom stereocenters. The Morgan fingerprint density at radius 3 is 2.50 bits per heavy atom. The maximum absolute atomic E-state index is 11.6. The number of amides is 2. The van der Waals surface area contributed by atoms with E-state index in [1.165, 1.54) is 19.3 Å². The maximum atomic E-state index is 11.6. The van der Waals surface area contributed by atoms with E-state index in [4.69, 9.17) is 5.11 Å². The summed E-state index contributed by atoms with van der Waals surface area (Å²) >= 11 is 0. The van der Waals surface area contributed by atoms with Gasteiger partial charge in [0.15, 0.2) is 0 Å². The van der Waals surface area contributed by atoms with Crippen LogP contribution in [0.1, 0.15) is 45.4 Å². The highest BCUT2D eigenvalue weighted by atomic mass is 16.3.